The summed E-state index contributed by atoms with van der Waals surface area (Å²) in [7, 11) is 0. The minimum absolute atomic E-state index is 0.0331. The van der Waals surface area contributed by atoms with Crippen LogP contribution in [0.3, 0.4) is 0 Å². The molecule has 2 amide bonds. The Balaban J connectivity index is 1.38. The summed E-state index contributed by atoms with van der Waals surface area (Å²) in [5.74, 6) is 0.0331. The third kappa shape index (κ3) is 3.72. The molecule has 2 aliphatic heterocycles. The molecule has 6 heteroatoms. The Labute approximate surface area is 171 Å². The SMILES string of the molecule is C=CC1(C)C=CC=CC1N1CCN(C(=O)c2ccc(N3CCOC3=O)cc2)CC1. The molecular weight excluding hydrogens is 366 g/mol. The molecule has 2 heterocycles. The topological polar surface area (TPSA) is 53.1 Å². The minimum atomic E-state index is -0.335. The van der Waals surface area contributed by atoms with Gasteiger partial charge in [0.25, 0.3) is 5.91 Å². The number of carbonyl (C=O) groups excluding carboxylic acids is 2. The molecule has 0 bridgehead atoms. The Morgan fingerprint density at radius 3 is 2.48 bits per heavy atom. The van der Waals surface area contributed by atoms with Gasteiger partial charge in [-0.15, -0.1) is 6.58 Å². The van der Waals surface area contributed by atoms with Crippen molar-refractivity contribution in [2.45, 2.75) is 13.0 Å². The van der Waals surface area contributed by atoms with Crippen LogP contribution in [0.4, 0.5) is 10.5 Å². The minimum Gasteiger partial charge on any atom is -0.447 e. The molecular formula is C23H27N3O3. The number of hydrogen-bond donors (Lipinski definition) is 0. The quantitative estimate of drug-likeness (QED) is 0.738. The summed E-state index contributed by atoms with van der Waals surface area (Å²) >= 11 is 0. The van der Waals surface area contributed by atoms with Crippen LogP contribution in [0, 0.1) is 5.41 Å². The van der Waals surface area contributed by atoms with Crippen LogP contribution in [0.5, 0.6) is 0 Å². The van der Waals surface area contributed by atoms with Crippen molar-refractivity contribution in [2.24, 2.45) is 5.41 Å². The summed E-state index contributed by atoms with van der Waals surface area (Å²) in [5.41, 5.74) is 1.31. The van der Waals surface area contributed by atoms with Crippen molar-refractivity contribution in [2.75, 3.05) is 44.2 Å². The van der Waals surface area contributed by atoms with E-state index in [0.717, 1.165) is 18.8 Å². The van der Waals surface area contributed by atoms with E-state index in [1.54, 1.807) is 17.0 Å². The highest BCUT2D eigenvalue weighted by molar-refractivity contribution is 5.95. The van der Waals surface area contributed by atoms with Gasteiger partial charge in [-0.05, 0) is 24.3 Å². The lowest BCUT2D eigenvalue weighted by atomic mass is 9.78. The Morgan fingerprint density at radius 1 is 1.14 bits per heavy atom. The molecule has 2 saturated heterocycles. The van der Waals surface area contributed by atoms with Gasteiger partial charge in [-0.25, -0.2) is 4.79 Å². The molecule has 3 aliphatic rings. The van der Waals surface area contributed by atoms with Gasteiger partial charge in [0.15, 0.2) is 0 Å². The molecule has 4 rings (SSSR count). The highest BCUT2D eigenvalue weighted by atomic mass is 16.6. The van der Waals surface area contributed by atoms with Crippen molar-refractivity contribution < 1.29 is 14.3 Å². The molecule has 2 atom stereocenters. The maximum Gasteiger partial charge on any atom is 0.414 e. The molecule has 29 heavy (non-hydrogen) atoms. The number of nitrogens with zero attached hydrogens (tertiary/aromatic N) is 3. The Kier molecular flexibility index (Phi) is 5.28. The molecule has 1 aliphatic carbocycles. The zero-order valence-electron chi connectivity index (χ0n) is 16.8. The highest BCUT2D eigenvalue weighted by Crippen LogP contribution is 2.33. The van der Waals surface area contributed by atoms with Gasteiger partial charge >= 0.3 is 6.09 Å². The van der Waals surface area contributed by atoms with Crippen molar-refractivity contribution in [1.82, 2.24) is 9.80 Å². The summed E-state index contributed by atoms with van der Waals surface area (Å²) in [6, 6.07) is 7.47. The van der Waals surface area contributed by atoms with E-state index in [1.807, 2.05) is 23.1 Å². The molecule has 0 aromatic heterocycles. The van der Waals surface area contributed by atoms with E-state index >= 15 is 0 Å². The summed E-state index contributed by atoms with van der Waals surface area (Å²) in [4.78, 5) is 30.5. The van der Waals surface area contributed by atoms with E-state index < -0.39 is 0 Å². The van der Waals surface area contributed by atoms with E-state index in [0.29, 0.717) is 31.8 Å². The van der Waals surface area contributed by atoms with Gasteiger partial charge in [-0.1, -0.05) is 37.3 Å². The predicted octanol–water partition coefficient (Wildman–Crippen LogP) is 3.09. The zero-order valence-corrected chi connectivity index (χ0v) is 16.8. The number of benzene rings is 1. The van der Waals surface area contributed by atoms with Gasteiger partial charge in [0.05, 0.1) is 6.54 Å². The van der Waals surface area contributed by atoms with Crippen LogP contribution in [-0.2, 0) is 4.74 Å². The van der Waals surface area contributed by atoms with Gasteiger partial charge in [0.1, 0.15) is 6.61 Å². The summed E-state index contributed by atoms with van der Waals surface area (Å²) in [5, 5.41) is 0. The van der Waals surface area contributed by atoms with E-state index in [4.69, 9.17) is 4.74 Å². The van der Waals surface area contributed by atoms with Crippen molar-refractivity contribution >= 4 is 17.7 Å². The normalized spacial score (nSPS) is 27.2. The predicted molar refractivity (Wildman–Crippen MR) is 113 cm³/mol. The van der Waals surface area contributed by atoms with Crippen molar-refractivity contribution in [3.63, 3.8) is 0 Å². The molecule has 1 aromatic carbocycles. The molecule has 0 N–H and O–H groups in total. The molecule has 0 radical (unpaired) electrons. The Morgan fingerprint density at radius 2 is 1.86 bits per heavy atom. The summed E-state index contributed by atoms with van der Waals surface area (Å²) < 4.78 is 4.97. The van der Waals surface area contributed by atoms with Crippen molar-refractivity contribution in [1.29, 1.82) is 0 Å². The fraction of sp³-hybridized carbons (Fsp3) is 0.391. The lowest BCUT2D eigenvalue weighted by Crippen LogP contribution is -2.55. The van der Waals surface area contributed by atoms with Crippen LogP contribution in [-0.4, -0.2) is 67.2 Å². The van der Waals surface area contributed by atoms with E-state index in [-0.39, 0.29) is 23.5 Å². The van der Waals surface area contributed by atoms with Gasteiger partial charge in [0, 0.05) is 48.9 Å². The molecule has 0 spiro atoms. The van der Waals surface area contributed by atoms with Crippen molar-refractivity contribution in [3.8, 4) is 0 Å². The highest BCUT2D eigenvalue weighted by Gasteiger charge is 2.35. The van der Waals surface area contributed by atoms with Gasteiger partial charge in [-0.2, -0.15) is 0 Å². The second-order valence-corrected chi connectivity index (χ2v) is 7.90. The number of carbonyl (C=O) groups is 2. The number of amides is 2. The first-order valence-electron chi connectivity index (χ1n) is 10.1. The summed E-state index contributed by atoms with van der Waals surface area (Å²) in [6.07, 6.45) is 10.3. The molecule has 1 aromatic rings. The molecule has 2 fully saturated rings. The largest absolute Gasteiger partial charge is 0.447 e. The number of rotatable bonds is 4. The van der Waals surface area contributed by atoms with Gasteiger partial charge < -0.3 is 9.64 Å². The van der Waals surface area contributed by atoms with Crippen molar-refractivity contribution in [3.05, 3.63) is 66.8 Å². The van der Waals surface area contributed by atoms with Gasteiger partial charge in [-0.3, -0.25) is 14.6 Å². The fourth-order valence-electron chi connectivity index (χ4n) is 4.24. The lowest BCUT2D eigenvalue weighted by molar-refractivity contribution is 0.0542. The van der Waals surface area contributed by atoms with Crippen LogP contribution in [0.1, 0.15) is 17.3 Å². The smallest absolute Gasteiger partial charge is 0.414 e. The fourth-order valence-corrected chi connectivity index (χ4v) is 4.24. The second kappa shape index (κ2) is 7.87. The first-order chi connectivity index (χ1) is 14.0. The maximum atomic E-state index is 12.9. The number of ether oxygens (including phenoxy) is 1. The Bertz CT molecular complexity index is 853. The van der Waals surface area contributed by atoms with Gasteiger partial charge in [0.2, 0.25) is 0 Å². The molecule has 0 saturated carbocycles. The number of hydrogen-bond acceptors (Lipinski definition) is 4. The molecule has 6 nitrogen and oxygen atoms in total. The van der Waals surface area contributed by atoms with Crippen LogP contribution in [0.25, 0.3) is 0 Å². The monoisotopic (exact) mass is 393 g/mol. The first-order valence-corrected chi connectivity index (χ1v) is 10.1. The van der Waals surface area contributed by atoms with E-state index in [2.05, 4.69) is 42.7 Å². The standard InChI is InChI=1S/C23H27N3O3/c1-3-23(2)11-5-4-6-20(23)24-12-14-25(15-13-24)21(27)18-7-9-19(10-8-18)26-16-17-29-22(26)28/h3-11,20H,1,12-17H2,2H3. The zero-order chi connectivity index (χ0) is 20.4. The van der Waals surface area contributed by atoms with E-state index in [9.17, 15) is 9.59 Å². The molecule has 2 unspecified atom stereocenters. The van der Waals surface area contributed by atoms with Crippen LogP contribution < -0.4 is 4.90 Å². The van der Waals surface area contributed by atoms with Crippen LogP contribution in [0.15, 0.2) is 61.2 Å². The average molecular weight is 393 g/mol. The average Bonchev–Trinajstić information content (AvgIpc) is 3.20. The lowest BCUT2D eigenvalue weighted by Gasteiger charge is -2.44. The third-order valence-corrected chi connectivity index (χ3v) is 6.12. The maximum absolute atomic E-state index is 12.9. The summed E-state index contributed by atoms with van der Waals surface area (Å²) in [6.45, 7) is 10.2. The Hall–Kier alpha value is -2.86. The van der Waals surface area contributed by atoms with E-state index in [1.165, 1.54) is 0 Å². The molecule has 152 valence electrons. The van der Waals surface area contributed by atoms with Crippen LogP contribution in [0.2, 0.25) is 0 Å². The van der Waals surface area contributed by atoms with Crippen LogP contribution >= 0.6 is 0 Å². The number of piperazine rings is 1. The third-order valence-electron chi connectivity index (χ3n) is 6.12. The second-order valence-electron chi connectivity index (χ2n) is 7.90. The number of cyclic esters (lactones) is 1. The number of allylic oxidation sites excluding steroid dienone is 2. The first kappa shape index (κ1) is 19.5. The number of anilines is 1.